The molecule has 0 radical (unpaired) electrons. The smallest absolute Gasteiger partial charge is 0.123 e. The Kier molecular flexibility index (Phi) is 7.29. The van der Waals surface area contributed by atoms with Gasteiger partial charge in [0.1, 0.15) is 5.82 Å². The van der Waals surface area contributed by atoms with Gasteiger partial charge in [-0.05, 0) is 56.0 Å². The summed E-state index contributed by atoms with van der Waals surface area (Å²) < 4.78 is 12.8. The van der Waals surface area contributed by atoms with Gasteiger partial charge in [0.2, 0.25) is 0 Å². The predicted molar refractivity (Wildman–Crippen MR) is 75.1 cm³/mol. The highest BCUT2D eigenvalue weighted by Crippen LogP contribution is 2.12. The molecule has 96 valence electrons. The average molecular weight is 255 g/mol. The first-order chi connectivity index (χ1) is 8.24. The molecule has 1 aromatic rings. The predicted octanol–water partition coefficient (Wildman–Crippen LogP) is 4.01. The van der Waals surface area contributed by atoms with Gasteiger partial charge in [-0.15, -0.1) is 0 Å². The molecular formula is C14H22FNS. The normalized spacial score (nSPS) is 12.6. The Balaban J connectivity index is 2.16. The van der Waals surface area contributed by atoms with Crippen molar-refractivity contribution in [3.63, 3.8) is 0 Å². The van der Waals surface area contributed by atoms with Gasteiger partial charge in [0, 0.05) is 6.04 Å². The molecule has 1 atom stereocenters. The molecule has 0 fully saturated rings. The van der Waals surface area contributed by atoms with Gasteiger partial charge in [0.05, 0.1) is 0 Å². The lowest BCUT2D eigenvalue weighted by molar-refractivity contribution is 0.543. The summed E-state index contributed by atoms with van der Waals surface area (Å²) in [5, 5.41) is 3.47. The van der Waals surface area contributed by atoms with Crippen LogP contribution in [0.25, 0.3) is 0 Å². The van der Waals surface area contributed by atoms with E-state index in [0.29, 0.717) is 6.04 Å². The van der Waals surface area contributed by atoms with Crippen LogP contribution in [0.1, 0.15) is 37.8 Å². The molecule has 0 aliphatic rings. The summed E-state index contributed by atoms with van der Waals surface area (Å²) in [5.41, 5.74) is 1.15. The van der Waals surface area contributed by atoms with Gasteiger partial charge >= 0.3 is 0 Å². The van der Waals surface area contributed by atoms with E-state index in [2.05, 4.69) is 18.5 Å². The van der Waals surface area contributed by atoms with Crippen LogP contribution in [0.4, 0.5) is 4.39 Å². The lowest BCUT2D eigenvalue weighted by Gasteiger charge is -2.14. The fourth-order valence-electron chi connectivity index (χ4n) is 1.74. The van der Waals surface area contributed by atoms with E-state index in [9.17, 15) is 4.39 Å². The standard InChI is InChI=1S/C14H22FNS/c1-12(13-6-8-14(15)9-7-13)16-10-4-3-5-11-17-2/h6-9,12,16H,3-5,10-11H2,1-2H3. The van der Waals surface area contributed by atoms with Crippen molar-refractivity contribution in [2.45, 2.75) is 32.2 Å². The van der Waals surface area contributed by atoms with Gasteiger partial charge < -0.3 is 5.32 Å². The molecule has 0 saturated heterocycles. The van der Waals surface area contributed by atoms with Crippen LogP contribution >= 0.6 is 11.8 Å². The van der Waals surface area contributed by atoms with Gasteiger partial charge in [-0.25, -0.2) is 4.39 Å². The lowest BCUT2D eigenvalue weighted by atomic mass is 10.1. The van der Waals surface area contributed by atoms with Crippen LogP contribution in [-0.4, -0.2) is 18.6 Å². The number of hydrogen-bond acceptors (Lipinski definition) is 2. The van der Waals surface area contributed by atoms with Gasteiger partial charge in [0.15, 0.2) is 0 Å². The van der Waals surface area contributed by atoms with Crippen molar-refractivity contribution in [1.29, 1.82) is 0 Å². The van der Waals surface area contributed by atoms with Crippen molar-refractivity contribution < 1.29 is 4.39 Å². The summed E-state index contributed by atoms with van der Waals surface area (Å²) in [6, 6.07) is 7.04. The third kappa shape index (κ3) is 6.08. The van der Waals surface area contributed by atoms with Crippen LogP contribution in [-0.2, 0) is 0 Å². The summed E-state index contributed by atoms with van der Waals surface area (Å²) in [7, 11) is 0. The molecule has 0 aliphatic heterocycles. The molecule has 1 N–H and O–H groups in total. The fraction of sp³-hybridized carbons (Fsp3) is 0.571. The molecule has 0 heterocycles. The minimum absolute atomic E-state index is 0.169. The summed E-state index contributed by atoms with van der Waals surface area (Å²) in [6.45, 7) is 3.15. The monoisotopic (exact) mass is 255 g/mol. The molecule has 0 aromatic heterocycles. The second-order valence-electron chi connectivity index (χ2n) is 4.28. The zero-order chi connectivity index (χ0) is 12.5. The summed E-state index contributed by atoms with van der Waals surface area (Å²) in [6.07, 6.45) is 5.94. The number of benzene rings is 1. The van der Waals surface area contributed by atoms with Crippen molar-refractivity contribution in [1.82, 2.24) is 5.32 Å². The largest absolute Gasteiger partial charge is 0.310 e. The first-order valence-corrected chi connectivity index (χ1v) is 7.61. The minimum Gasteiger partial charge on any atom is -0.310 e. The topological polar surface area (TPSA) is 12.0 Å². The van der Waals surface area contributed by atoms with E-state index in [1.165, 1.54) is 37.1 Å². The van der Waals surface area contributed by atoms with Gasteiger partial charge in [-0.1, -0.05) is 18.6 Å². The van der Waals surface area contributed by atoms with Crippen LogP contribution in [0.3, 0.4) is 0 Å². The zero-order valence-electron chi connectivity index (χ0n) is 10.7. The lowest BCUT2D eigenvalue weighted by Crippen LogP contribution is -2.19. The maximum Gasteiger partial charge on any atom is 0.123 e. The number of rotatable bonds is 8. The van der Waals surface area contributed by atoms with Gasteiger partial charge in [0.25, 0.3) is 0 Å². The van der Waals surface area contributed by atoms with Crippen molar-refractivity contribution in [3.05, 3.63) is 35.6 Å². The first-order valence-electron chi connectivity index (χ1n) is 6.22. The molecule has 0 spiro atoms. The Labute approximate surface area is 108 Å². The molecule has 3 heteroatoms. The molecule has 1 aromatic carbocycles. The minimum atomic E-state index is -0.169. The highest BCUT2D eigenvalue weighted by Gasteiger charge is 2.03. The summed E-state index contributed by atoms with van der Waals surface area (Å²) >= 11 is 1.91. The van der Waals surface area contributed by atoms with E-state index in [1.807, 2.05) is 23.9 Å². The SMILES string of the molecule is CSCCCCCNC(C)c1ccc(F)cc1. The highest BCUT2D eigenvalue weighted by atomic mass is 32.2. The van der Waals surface area contributed by atoms with Crippen molar-refractivity contribution in [2.24, 2.45) is 0 Å². The Bertz CT molecular complexity index is 300. The molecule has 17 heavy (non-hydrogen) atoms. The van der Waals surface area contributed by atoms with Crippen molar-refractivity contribution >= 4 is 11.8 Å². The highest BCUT2D eigenvalue weighted by molar-refractivity contribution is 7.98. The van der Waals surface area contributed by atoms with Crippen molar-refractivity contribution in [2.75, 3.05) is 18.6 Å². The molecule has 0 aliphatic carbocycles. The maximum absolute atomic E-state index is 12.8. The zero-order valence-corrected chi connectivity index (χ0v) is 11.5. The quantitative estimate of drug-likeness (QED) is 0.704. The third-order valence-corrected chi connectivity index (χ3v) is 3.54. The molecule has 1 nitrogen and oxygen atoms in total. The maximum atomic E-state index is 12.8. The second kappa shape index (κ2) is 8.54. The van der Waals surface area contributed by atoms with E-state index in [4.69, 9.17) is 0 Å². The van der Waals surface area contributed by atoms with Crippen LogP contribution in [0.2, 0.25) is 0 Å². The molecule has 0 amide bonds. The number of unbranched alkanes of at least 4 members (excludes halogenated alkanes) is 2. The average Bonchev–Trinajstić information content (AvgIpc) is 2.34. The van der Waals surface area contributed by atoms with Gasteiger partial charge in [-0.3, -0.25) is 0 Å². The van der Waals surface area contributed by atoms with Gasteiger partial charge in [-0.2, -0.15) is 11.8 Å². The van der Waals surface area contributed by atoms with Crippen LogP contribution in [0, 0.1) is 5.82 Å². The number of halogens is 1. The summed E-state index contributed by atoms with van der Waals surface area (Å²) in [4.78, 5) is 0. The van der Waals surface area contributed by atoms with E-state index in [-0.39, 0.29) is 5.82 Å². The third-order valence-electron chi connectivity index (χ3n) is 2.85. The van der Waals surface area contributed by atoms with Crippen LogP contribution in [0.5, 0.6) is 0 Å². The molecule has 1 rings (SSSR count). The fourth-order valence-corrected chi connectivity index (χ4v) is 2.23. The van der Waals surface area contributed by atoms with Crippen LogP contribution in [0.15, 0.2) is 24.3 Å². The van der Waals surface area contributed by atoms with E-state index >= 15 is 0 Å². The first kappa shape index (κ1) is 14.5. The molecule has 0 saturated carbocycles. The number of thioether (sulfide) groups is 1. The molecule has 1 unspecified atom stereocenters. The van der Waals surface area contributed by atoms with E-state index in [1.54, 1.807) is 0 Å². The summed E-state index contributed by atoms with van der Waals surface area (Å²) in [5.74, 6) is 1.09. The Hall–Kier alpha value is -0.540. The van der Waals surface area contributed by atoms with Crippen molar-refractivity contribution in [3.8, 4) is 0 Å². The number of nitrogens with one attached hydrogen (secondary N) is 1. The van der Waals surface area contributed by atoms with E-state index in [0.717, 1.165) is 12.1 Å². The number of hydrogen-bond donors (Lipinski definition) is 1. The molecule has 0 bridgehead atoms. The Morgan fingerprint density at radius 1 is 1.18 bits per heavy atom. The second-order valence-corrected chi connectivity index (χ2v) is 5.27. The Morgan fingerprint density at radius 3 is 2.53 bits per heavy atom. The van der Waals surface area contributed by atoms with Crippen LogP contribution < -0.4 is 5.32 Å². The molecular weight excluding hydrogens is 233 g/mol. The Morgan fingerprint density at radius 2 is 1.88 bits per heavy atom. The van der Waals surface area contributed by atoms with E-state index < -0.39 is 0 Å².